The summed E-state index contributed by atoms with van der Waals surface area (Å²) >= 11 is 0. The van der Waals surface area contributed by atoms with Crippen molar-refractivity contribution in [3.8, 4) is 0 Å². The Hall–Kier alpha value is -4.19. The van der Waals surface area contributed by atoms with E-state index in [9.17, 15) is 14.4 Å². The van der Waals surface area contributed by atoms with Gasteiger partial charge < -0.3 is 14.2 Å². The molecule has 0 N–H and O–H groups in total. The highest BCUT2D eigenvalue weighted by atomic mass is 16.6. The monoisotopic (exact) mass is 1110 g/mol. The zero-order chi connectivity index (χ0) is 57.8. The Morgan fingerprint density at radius 2 is 0.500 bits per heavy atom. The van der Waals surface area contributed by atoms with E-state index >= 15 is 0 Å². The molecule has 0 aromatic rings. The number of hydrogen-bond acceptors (Lipinski definition) is 6. The molecule has 0 saturated heterocycles. The average Bonchev–Trinajstić information content (AvgIpc) is 3.46. The first-order chi connectivity index (χ1) is 39.5. The highest BCUT2D eigenvalue weighted by Gasteiger charge is 2.19. The molecule has 1 atom stereocenters. The number of allylic oxidation sites excluding steroid dienone is 20. The van der Waals surface area contributed by atoms with Gasteiger partial charge in [0.2, 0.25) is 0 Å². The van der Waals surface area contributed by atoms with Gasteiger partial charge in [0.25, 0.3) is 0 Å². The van der Waals surface area contributed by atoms with Crippen LogP contribution in [0.3, 0.4) is 0 Å². The van der Waals surface area contributed by atoms with Crippen molar-refractivity contribution in [2.45, 2.75) is 316 Å². The van der Waals surface area contributed by atoms with Crippen molar-refractivity contribution in [3.63, 3.8) is 0 Å². The minimum atomic E-state index is -0.800. The van der Waals surface area contributed by atoms with Crippen molar-refractivity contribution >= 4 is 17.9 Å². The second-order valence-electron chi connectivity index (χ2n) is 22.0. The molecule has 0 bridgehead atoms. The van der Waals surface area contributed by atoms with E-state index in [0.29, 0.717) is 19.3 Å². The zero-order valence-electron chi connectivity index (χ0n) is 52.3. The zero-order valence-corrected chi connectivity index (χ0v) is 52.3. The lowest BCUT2D eigenvalue weighted by Gasteiger charge is -2.18. The third-order valence-corrected chi connectivity index (χ3v) is 14.2. The molecule has 0 aliphatic rings. The average molecular weight is 1110 g/mol. The smallest absolute Gasteiger partial charge is 0.306 e. The third kappa shape index (κ3) is 64.6. The molecule has 0 amide bonds. The lowest BCUT2D eigenvalue weighted by molar-refractivity contribution is -0.167. The van der Waals surface area contributed by atoms with E-state index in [-0.39, 0.29) is 31.1 Å². The van der Waals surface area contributed by atoms with Gasteiger partial charge in [0, 0.05) is 19.3 Å². The summed E-state index contributed by atoms with van der Waals surface area (Å²) in [5, 5.41) is 0. The maximum Gasteiger partial charge on any atom is 0.306 e. The molecule has 0 aromatic heterocycles. The lowest BCUT2D eigenvalue weighted by atomic mass is 10.0. The van der Waals surface area contributed by atoms with Crippen LogP contribution in [-0.2, 0) is 28.6 Å². The van der Waals surface area contributed by atoms with Crippen LogP contribution in [0, 0.1) is 0 Å². The van der Waals surface area contributed by atoms with Gasteiger partial charge in [0.1, 0.15) is 13.2 Å². The molecule has 456 valence electrons. The number of rotatable bonds is 60. The van der Waals surface area contributed by atoms with Crippen LogP contribution >= 0.6 is 0 Å². The normalized spacial score (nSPS) is 12.9. The van der Waals surface area contributed by atoms with Crippen LogP contribution in [0.25, 0.3) is 0 Å². The molecule has 0 heterocycles. The number of unbranched alkanes of at least 4 members (excludes halogenated alkanes) is 29. The number of carbonyl (C=O) groups excluding carboxylic acids is 3. The highest BCUT2D eigenvalue weighted by molar-refractivity contribution is 5.71. The molecule has 1 unspecified atom stereocenters. The van der Waals surface area contributed by atoms with Crippen LogP contribution < -0.4 is 0 Å². The predicted molar refractivity (Wildman–Crippen MR) is 348 cm³/mol. The van der Waals surface area contributed by atoms with Crippen LogP contribution in [-0.4, -0.2) is 37.2 Å². The maximum absolute atomic E-state index is 12.9. The number of carbonyl (C=O) groups is 3. The minimum absolute atomic E-state index is 0.0933. The molecule has 0 aromatic carbocycles. The first-order valence-corrected chi connectivity index (χ1v) is 33.5. The Balaban J connectivity index is 4.37. The van der Waals surface area contributed by atoms with Gasteiger partial charge in [-0.05, 0) is 128 Å². The van der Waals surface area contributed by atoms with E-state index in [2.05, 4.69) is 142 Å². The Morgan fingerprint density at radius 3 is 0.800 bits per heavy atom. The van der Waals surface area contributed by atoms with Gasteiger partial charge in [-0.2, -0.15) is 0 Å². The second kappa shape index (κ2) is 67.3. The van der Waals surface area contributed by atoms with Crippen molar-refractivity contribution in [2.75, 3.05) is 13.2 Å². The van der Waals surface area contributed by atoms with E-state index < -0.39 is 6.10 Å². The molecule has 0 spiro atoms. The Labute approximate surface area is 494 Å². The summed E-state index contributed by atoms with van der Waals surface area (Å²) in [5.74, 6) is -0.922. The Bertz CT molecular complexity index is 1650. The fourth-order valence-electron chi connectivity index (χ4n) is 9.14. The molecule has 0 saturated carbocycles. The minimum Gasteiger partial charge on any atom is -0.462 e. The summed E-state index contributed by atoms with van der Waals surface area (Å²) in [6.45, 7) is 6.46. The van der Waals surface area contributed by atoms with Crippen molar-refractivity contribution in [3.05, 3.63) is 122 Å². The molecule has 6 nitrogen and oxygen atoms in total. The number of ether oxygens (including phenoxy) is 3. The number of hydrogen-bond donors (Lipinski definition) is 0. The third-order valence-electron chi connectivity index (χ3n) is 14.2. The maximum atomic E-state index is 12.9. The Morgan fingerprint density at radius 1 is 0.263 bits per heavy atom. The van der Waals surface area contributed by atoms with Gasteiger partial charge in [0.05, 0.1) is 0 Å². The van der Waals surface area contributed by atoms with Gasteiger partial charge in [-0.25, -0.2) is 0 Å². The molecular formula is C74H124O6. The van der Waals surface area contributed by atoms with Gasteiger partial charge in [-0.15, -0.1) is 0 Å². The quantitative estimate of drug-likeness (QED) is 0.0261. The largest absolute Gasteiger partial charge is 0.462 e. The van der Waals surface area contributed by atoms with Crippen molar-refractivity contribution in [2.24, 2.45) is 0 Å². The van der Waals surface area contributed by atoms with Gasteiger partial charge in [-0.3, -0.25) is 14.4 Å². The van der Waals surface area contributed by atoms with Gasteiger partial charge >= 0.3 is 17.9 Å². The summed E-state index contributed by atoms with van der Waals surface area (Å²) in [6.07, 6.45) is 93.5. The van der Waals surface area contributed by atoms with Crippen LogP contribution in [0.5, 0.6) is 0 Å². The van der Waals surface area contributed by atoms with Crippen molar-refractivity contribution in [1.82, 2.24) is 0 Å². The summed E-state index contributed by atoms with van der Waals surface area (Å²) in [5.41, 5.74) is 0. The van der Waals surface area contributed by atoms with Crippen molar-refractivity contribution < 1.29 is 28.6 Å². The standard InChI is InChI=1S/C74H124O6/c1-4-7-10-13-16-19-22-25-28-30-32-34-35-36-37-38-39-41-42-44-46-49-52-55-58-61-64-67-73(76)79-70-71(69-78-72(75)66-63-60-57-54-51-48-27-24-21-18-15-12-9-6-3)80-74(77)68-65-62-59-56-53-50-47-45-43-40-33-31-29-26-23-20-17-14-11-8-5-2/h8,11,15,17-18,20,22,24-27,29-30,32-33,35-36,40,45,47,71H,4-7,9-10,12-14,16,19,21,23,28,31,34,37-39,41-44,46,48-70H2,1-3H3/b11-8-,18-15-,20-17-,25-22-,27-24-,29-26-,32-30-,36-35-,40-33-,47-45-. The second-order valence-corrected chi connectivity index (χ2v) is 22.0. The predicted octanol–water partition coefficient (Wildman–Crippen LogP) is 23.2. The van der Waals surface area contributed by atoms with Crippen molar-refractivity contribution in [1.29, 1.82) is 0 Å². The summed E-state index contributed by atoms with van der Waals surface area (Å²) < 4.78 is 16.9. The molecule has 0 aliphatic heterocycles. The molecular weight excluding hydrogens is 985 g/mol. The first-order valence-electron chi connectivity index (χ1n) is 33.5. The van der Waals surface area contributed by atoms with Gasteiger partial charge in [0.15, 0.2) is 6.10 Å². The SMILES string of the molecule is CC/C=C\C/C=C\C/C=C\C/C=C\C/C=C\CCCCCCCC(=O)OC(COC(=O)CCCCCCC/C=C\C/C=C\CCCC)COC(=O)CCCCCCCCCCCCCC/C=C\C/C=C\C/C=C\CCCCCCC. The topological polar surface area (TPSA) is 78.9 Å². The van der Waals surface area contributed by atoms with E-state index in [1.54, 1.807) is 0 Å². The summed E-state index contributed by atoms with van der Waals surface area (Å²) in [4.78, 5) is 38.4. The van der Waals surface area contributed by atoms with Crippen LogP contribution in [0.1, 0.15) is 310 Å². The molecule has 6 heteroatoms. The van der Waals surface area contributed by atoms with Crippen LogP contribution in [0.2, 0.25) is 0 Å². The first kappa shape index (κ1) is 75.8. The van der Waals surface area contributed by atoms with E-state index in [0.717, 1.165) is 148 Å². The molecule has 0 aliphatic carbocycles. The van der Waals surface area contributed by atoms with E-state index in [1.165, 1.54) is 122 Å². The fraction of sp³-hybridized carbons (Fsp3) is 0.689. The van der Waals surface area contributed by atoms with Gasteiger partial charge in [-0.1, -0.05) is 284 Å². The van der Waals surface area contributed by atoms with E-state index in [1.807, 2.05) is 0 Å². The fourth-order valence-corrected chi connectivity index (χ4v) is 9.14. The highest BCUT2D eigenvalue weighted by Crippen LogP contribution is 2.16. The molecule has 0 rings (SSSR count). The lowest BCUT2D eigenvalue weighted by Crippen LogP contribution is -2.30. The van der Waals surface area contributed by atoms with Crippen LogP contribution in [0.4, 0.5) is 0 Å². The molecule has 0 fully saturated rings. The van der Waals surface area contributed by atoms with Crippen LogP contribution in [0.15, 0.2) is 122 Å². The molecule has 0 radical (unpaired) electrons. The number of esters is 3. The summed E-state index contributed by atoms with van der Waals surface area (Å²) in [7, 11) is 0. The molecule has 80 heavy (non-hydrogen) atoms. The van der Waals surface area contributed by atoms with E-state index in [4.69, 9.17) is 14.2 Å². The Kier molecular flexibility index (Phi) is 63.8. The summed E-state index contributed by atoms with van der Waals surface area (Å²) in [6, 6.07) is 0.